The summed E-state index contributed by atoms with van der Waals surface area (Å²) >= 11 is 0. The van der Waals surface area contributed by atoms with Crippen LogP contribution >= 0.6 is 0 Å². The second-order valence-corrected chi connectivity index (χ2v) is 6.85. The van der Waals surface area contributed by atoms with Gasteiger partial charge in [-0.25, -0.2) is 0 Å². The number of rotatable bonds is 0. The van der Waals surface area contributed by atoms with Crippen LogP contribution in [0.4, 0.5) is 5.69 Å². The van der Waals surface area contributed by atoms with Gasteiger partial charge < -0.3 is 10.2 Å². The summed E-state index contributed by atoms with van der Waals surface area (Å²) in [6.07, 6.45) is 5.37. The van der Waals surface area contributed by atoms with Crippen LogP contribution in [0.15, 0.2) is 24.3 Å². The van der Waals surface area contributed by atoms with Crippen molar-refractivity contribution in [3.05, 3.63) is 29.8 Å². The standard InChI is InChI=1S/C17H22N2O/c1-16-11-5-6-12-9-10-15(20)18-17(12,16)19(2)14-8-4-3-7-13(14)16/h3-4,7-8,12H,5-6,9-11H2,1-2H3,(H,18,20). The lowest BCUT2D eigenvalue weighted by Crippen LogP contribution is -2.73. The number of carbonyl (C=O) groups is 1. The average molecular weight is 270 g/mol. The van der Waals surface area contributed by atoms with Crippen LogP contribution in [0.5, 0.6) is 0 Å². The van der Waals surface area contributed by atoms with Crippen molar-refractivity contribution in [2.24, 2.45) is 5.92 Å². The first-order valence-electron chi connectivity index (χ1n) is 7.74. The lowest BCUT2D eigenvalue weighted by Gasteiger charge is -2.58. The predicted octanol–water partition coefficient (Wildman–Crippen LogP) is 2.80. The highest BCUT2D eigenvalue weighted by Gasteiger charge is 2.64. The number of amides is 1. The van der Waals surface area contributed by atoms with E-state index in [9.17, 15) is 4.79 Å². The minimum absolute atomic E-state index is 0.0390. The maximum Gasteiger partial charge on any atom is 0.221 e. The summed E-state index contributed by atoms with van der Waals surface area (Å²) in [5, 5.41) is 3.42. The quantitative estimate of drug-likeness (QED) is 0.786. The van der Waals surface area contributed by atoms with Crippen LogP contribution in [0.25, 0.3) is 0 Å². The van der Waals surface area contributed by atoms with Gasteiger partial charge >= 0.3 is 0 Å². The van der Waals surface area contributed by atoms with Crippen molar-refractivity contribution in [2.75, 3.05) is 11.9 Å². The van der Waals surface area contributed by atoms with E-state index in [1.54, 1.807) is 0 Å². The molecule has 1 N–H and O–H groups in total. The molecule has 3 unspecified atom stereocenters. The van der Waals surface area contributed by atoms with Crippen molar-refractivity contribution in [3.63, 3.8) is 0 Å². The molecule has 1 amide bonds. The molecule has 4 rings (SSSR count). The number of likely N-dealkylation sites (N-methyl/N-ethyl adjacent to an activating group) is 1. The number of nitrogens with one attached hydrogen (secondary N) is 1. The fourth-order valence-electron chi connectivity index (χ4n) is 5.22. The number of para-hydroxylation sites is 1. The minimum Gasteiger partial charge on any atom is -0.351 e. The highest BCUT2D eigenvalue weighted by atomic mass is 16.2. The normalized spacial score (nSPS) is 38.8. The Morgan fingerprint density at radius 1 is 1.30 bits per heavy atom. The zero-order valence-electron chi connectivity index (χ0n) is 12.3. The number of carbonyl (C=O) groups excluding carboxylic acids is 1. The molecule has 0 bridgehead atoms. The summed E-state index contributed by atoms with van der Waals surface area (Å²) < 4.78 is 0. The fraction of sp³-hybridized carbons (Fsp3) is 0.588. The summed E-state index contributed by atoms with van der Waals surface area (Å²) in [6.45, 7) is 2.35. The molecule has 1 aromatic rings. The average Bonchev–Trinajstić information content (AvgIpc) is 2.65. The SMILES string of the molecule is CN1c2ccccc2C2(C)CCCC3CCC(=O)NC312. The molecular formula is C17H22N2O. The molecule has 2 heterocycles. The van der Waals surface area contributed by atoms with Crippen LogP contribution in [-0.4, -0.2) is 18.6 Å². The second-order valence-electron chi connectivity index (χ2n) is 6.85. The van der Waals surface area contributed by atoms with Gasteiger partial charge in [-0.05, 0) is 30.9 Å². The van der Waals surface area contributed by atoms with E-state index in [-0.39, 0.29) is 17.0 Å². The molecule has 106 valence electrons. The third kappa shape index (κ3) is 1.20. The summed E-state index contributed by atoms with van der Waals surface area (Å²) in [7, 11) is 2.16. The monoisotopic (exact) mass is 270 g/mol. The van der Waals surface area contributed by atoms with Crippen LogP contribution in [0.1, 0.15) is 44.6 Å². The first kappa shape index (κ1) is 12.2. The van der Waals surface area contributed by atoms with Gasteiger partial charge in [-0.2, -0.15) is 0 Å². The third-order valence-electron chi connectivity index (χ3n) is 6.10. The van der Waals surface area contributed by atoms with Crippen LogP contribution in [0, 0.1) is 5.92 Å². The first-order valence-corrected chi connectivity index (χ1v) is 7.74. The maximum absolute atomic E-state index is 12.2. The van der Waals surface area contributed by atoms with Crippen LogP contribution in [0.3, 0.4) is 0 Å². The molecule has 3 atom stereocenters. The van der Waals surface area contributed by atoms with E-state index in [0.717, 1.165) is 12.8 Å². The molecule has 2 aliphatic heterocycles. The summed E-state index contributed by atoms with van der Waals surface area (Å²) in [6, 6.07) is 8.69. The lowest BCUT2D eigenvalue weighted by molar-refractivity contribution is -0.130. The molecule has 1 spiro atoms. The second kappa shape index (κ2) is 3.78. The summed E-state index contributed by atoms with van der Waals surface area (Å²) in [4.78, 5) is 14.5. The number of benzene rings is 1. The third-order valence-corrected chi connectivity index (χ3v) is 6.10. The molecule has 3 aliphatic rings. The van der Waals surface area contributed by atoms with E-state index in [0.29, 0.717) is 12.3 Å². The number of hydrogen-bond acceptors (Lipinski definition) is 2. The smallest absolute Gasteiger partial charge is 0.221 e. The summed E-state index contributed by atoms with van der Waals surface area (Å²) in [5.74, 6) is 0.783. The molecule has 20 heavy (non-hydrogen) atoms. The van der Waals surface area contributed by atoms with Crippen molar-refractivity contribution in [3.8, 4) is 0 Å². The molecule has 1 saturated carbocycles. The Bertz CT molecular complexity index is 584. The molecule has 2 fully saturated rings. The molecule has 1 saturated heterocycles. The van der Waals surface area contributed by atoms with Crippen molar-refractivity contribution in [1.29, 1.82) is 0 Å². The predicted molar refractivity (Wildman–Crippen MR) is 79.6 cm³/mol. The Labute approximate surface area is 120 Å². The molecule has 0 radical (unpaired) electrons. The van der Waals surface area contributed by atoms with Gasteiger partial charge in [0, 0.05) is 30.5 Å². The molecule has 0 aromatic heterocycles. The zero-order valence-corrected chi connectivity index (χ0v) is 12.3. The molecule has 1 aromatic carbocycles. The van der Waals surface area contributed by atoms with Gasteiger partial charge in [0.05, 0.1) is 0 Å². The first-order chi connectivity index (χ1) is 9.59. The van der Waals surface area contributed by atoms with Crippen molar-refractivity contribution >= 4 is 11.6 Å². The van der Waals surface area contributed by atoms with Crippen LogP contribution < -0.4 is 10.2 Å². The number of anilines is 1. The van der Waals surface area contributed by atoms with Gasteiger partial charge in [-0.3, -0.25) is 4.79 Å². The van der Waals surface area contributed by atoms with E-state index in [2.05, 4.69) is 48.5 Å². The van der Waals surface area contributed by atoms with E-state index in [4.69, 9.17) is 0 Å². The number of fused-ring (bicyclic) bond motifs is 2. The highest BCUT2D eigenvalue weighted by molar-refractivity contribution is 5.81. The Kier molecular flexibility index (Phi) is 2.31. The topological polar surface area (TPSA) is 32.3 Å². The van der Waals surface area contributed by atoms with Crippen molar-refractivity contribution in [1.82, 2.24) is 5.32 Å². The lowest BCUT2D eigenvalue weighted by atomic mass is 9.58. The molecule has 3 heteroatoms. The van der Waals surface area contributed by atoms with Crippen LogP contribution in [0.2, 0.25) is 0 Å². The van der Waals surface area contributed by atoms with E-state index >= 15 is 0 Å². The van der Waals surface area contributed by atoms with E-state index in [1.165, 1.54) is 24.1 Å². The number of piperidine rings is 1. The van der Waals surface area contributed by atoms with Gasteiger partial charge in [-0.15, -0.1) is 0 Å². The molecule has 3 nitrogen and oxygen atoms in total. The van der Waals surface area contributed by atoms with E-state index < -0.39 is 0 Å². The molecule has 1 aliphatic carbocycles. The molecular weight excluding hydrogens is 248 g/mol. The number of hydrogen-bond donors (Lipinski definition) is 1. The van der Waals surface area contributed by atoms with Gasteiger partial charge in [-0.1, -0.05) is 31.5 Å². The Morgan fingerprint density at radius 2 is 2.10 bits per heavy atom. The Balaban J connectivity index is 1.96. The van der Waals surface area contributed by atoms with Crippen molar-refractivity contribution in [2.45, 2.75) is 50.1 Å². The van der Waals surface area contributed by atoms with Gasteiger partial charge in [0.15, 0.2) is 0 Å². The van der Waals surface area contributed by atoms with Crippen LogP contribution in [-0.2, 0) is 10.2 Å². The van der Waals surface area contributed by atoms with E-state index in [1.807, 2.05) is 0 Å². The van der Waals surface area contributed by atoms with Gasteiger partial charge in [0.25, 0.3) is 0 Å². The van der Waals surface area contributed by atoms with Gasteiger partial charge in [0.1, 0.15) is 5.66 Å². The number of nitrogens with zero attached hydrogens (tertiary/aromatic N) is 1. The Hall–Kier alpha value is -1.51. The largest absolute Gasteiger partial charge is 0.351 e. The Morgan fingerprint density at radius 3 is 2.95 bits per heavy atom. The zero-order chi connectivity index (χ0) is 14.0. The highest BCUT2D eigenvalue weighted by Crippen LogP contribution is 2.60. The fourth-order valence-corrected chi connectivity index (χ4v) is 5.22. The minimum atomic E-state index is -0.204. The maximum atomic E-state index is 12.2. The van der Waals surface area contributed by atoms with Crippen molar-refractivity contribution < 1.29 is 4.79 Å². The van der Waals surface area contributed by atoms with Gasteiger partial charge in [0.2, 0.25) is 5.91 Å². The summed E-state index contributed by atoms with van der Waals surface area (Å²) in [5.41, 5.74) is 2.54.